The van der Waals surface area contributed by atoms with Gasteiger partial charge >= 0.3 is 12.1 Å². The van der Waals surface area contributed by atoms with Gasteiger partial charge in [-0.05, 0) is 36.2 Å². The zero-order valence-corrected chi connectivity index (χ0v) is 24.3. The van der Waals surface area contributed by atoms with Crippen LogP contribution in [0.2, 0.25) is 5.04 Å². The van der Waals surface area contributed by atoms with Gasteiger partial charge in [-0.2, -0.15) is 0 Å². The molecule has 1 aromatic heterocycles. The van der Waals surface area contributed by atoms with Crippen molar-refractivity contribution in [3.63, 3.8) is 0 Å². The Labute approximate surface area is 224 Å². The van der Waals surface area contributed by atoms with Crippen molar-refractivity contribution >= 4 is 42.1 Å². The normalized spacial score (nSPS) is 13.1. The van der Waals surface area contributed by atoms with Gasteiger partial charge in [0.2, 0.25) is 0 Å². The lowest BCUT2D eigenvalue weighted by molar-refractivity contribution is 0.0485. The van der Waals surface area contributed by atoms with Gasteiger partial charge in [0.05, 0.1) is 13.7 Å². The van der Waals surface area contributed by atoms with Gasteiger partial charge in [0.15, 0.2) is 5.69 Å². The highest BCUT2D eigenvalue weighted by Crippen LogP contribution is 2.37. The Kier molecular flexibility index (Phi) is 8.94. The van der Waals surface area contributed by atoms with Crippen LogP contribution in [0.15, 0.2) is 66.0 Å². The maximum absolute atomic E-state index is 12.8. The fourth-order valence-electron chi connectivity index (χ4n) is 4.24. The molecule has 0 aliphatic carbocycles. The summed E-state index contributed by atoms with van der Waals surface area (Å²) in [6.07, 6.45) is -0.585. The van der Waals surface area contributed by atoms with Crippen molar-refractivity contribution in [3.05, 3.63) is 76.7 Å². The zero-order valence-electron chi connectivity index (χ0n) is 22.5. The van der Waals surface area contributed by atoms with E-state index in [4.69, 9.17) is 13.9 Å². The lowest BCUT2D eigenvalue weighted by atomic mass is 10.2. The van der Waals surface area contributed by atoms with E-state index in [-0.39, 0.29) is 17.3 Å². The second-order valence-corrected chi connectivity index (χ2v) is 15.9. The van der Waals surface area contributed by atoms with Crippen molar-refractivity contribution in [2.24, 2.45) is 0 Å². The number of rotatable bonds is 8. The van der Waals surface area contributed by atoms with Crippen molar-refractivity contribution in [2.75, 3.05) is 13.7 Å². The molecule has 2 aromatic carbocycles. The molecule has 1 amide bonds. The Morgan fingerprint density at radius 3 is 1.95 bits per heavy atom. The first-order chi connectivity index (χ1) is 17.4. The van der Waals surface area contributed by atoms with Gasteiger partial charge in [0.1, 0.15) is 16.7 Å². The summed E-state index contributed by atoms with van der Waals surface area (Å²) in [7, 11) is -1.56. The second-order valence-electron chi connectivity index (χ2n) is 10.7. The summed E-state index contributed by atoms with van der Waals surface area (Å²) in [6, 6.07) is 19.9. The van der Waals surface area contributed by atoms with Crippen molar-refractivity contribution in [1.82, 2.24) is 10.3 Å². The molecular formula is C28H36N2O5SSi. The highest BCUT2D eigenvalue weighted by molar-refractivity contribution is 7.10. The standard InChI is InChI=1S/C28H36N2O5SSi/c1-27(2,3)35-26(32)30-22(24-29-23(19-36-24)25(31)33-7)18-34-37(28(4,5)6,20-14-10-8-11-15-20)21-16-12-9-13-17-21/h8-17,19,22H,18H2,1-7H3,(H,30,32)/t22-/m0/s1. The number of hydrogen-bond donors (Lipinski definition) is 1. The van der Waals surface area contributed by atoms with E-state index in [1.54, 1.807) is 26.2 Å². The predicted molar refractivity (Wildman–Crippen MR) is 149 cm³/mol. The fourth-order valence-corrected chi connectivity index (χ4v) is 9.64. The lowest BCUT2D eigenvalue weighted by Gasteiger charge is -2.43. The number of carbonyl (C=O) groups is 2. The molecule has 1 N–H and O–H groups in total. The summed E-state index contributed by atoms with van der Waals surface area (Å²) in [5.41, 5.74) is -0.489. The van der Waals surface area contributed by atoms with Crippen LogP contribution < -0.4 is 15.7 Å². The van der Waals surface area contributed by atoms with Crippen molar-refractivity contribution in [3.8, 4) is 0 Å². The molecule has 0 unspecified atom stereocenters. The van der Waals surface area contributed by atoms with E-state index in [2.05, 4.69) is 55.3 Å². The molecule has 1 atom stereocenters. The predicted octanol–water partition coefficient (Wildman–Crippen LogP) is 5.07. The van der Waals surface area contributed by atoms with Gasteiger partial charge in [-0.3, -0.25) is 0 Å². The first kappa shape index (κ1) is 28.6. The third-order valence-corrected chi connectivity index (χ3v) is 11.8. The Morgan fingerprint density at radius 1 is 0.946 bits per heavy atom. The van der Waals surface area contributed by atoms with Crippen molar-refractivity contribution < 1.29 is 23.5 Å². The van der Waals surface area contributed by atoms with Gasteiger partial charge in [-0.25, -0.2) is 14.6 Å². The molecule has 1 heterocycles. The molecule has 0 bridgehead atoms. The summed E-state index contributed by atoms with van der Waals surface area (Å²) >= 11 is 1.26. The average Bonchev–Trinajstić information content (AvgIpc) is 3.33. The largest absolute Gasteiger partial charge is 0.464 e. The fraction of sp³-hybridized carbons (Fsp3) is 0.393. The van der Waals surface area contributed by atoms with Crippen molar-refractivity contribution in [2.45, 2.75) is 58.2 Å². The van der Waals surface area contributed by atoms with Crippen LogP contribution in [0, 0.1) is 0 Å². The Hall–Kier alpha value is -3.01. The highest BCUT2D eigenvalue weighted by atomic mass is 32.1. The number of amides is 1. The number of nitrogens with zero attached hydrogens (tertiary/aromatic N) is 1. The molecule has 0 saturated carbocycles. The molecule has 0 saturated heterocycles. The van der Waals surface area contributed by atoms with E-state index in [1.165, 1.54) is 18.4 Å². The highest BCUT2D eigenvalue weighted by Gasteiger charge is 2.50. The minimum absolute atomic E-state index is 0.140. The quantitative estimate of drug-likeness (QED) is 0.317. The zero-order chi connectivity index (χ0) is 27.3. The van der Waals surface area contributed by atoms with Crippen LogP contribution in [0.3, 0.4) is 0 Å². The SMILES string of the molecule is COC(=O)c1csc([C@H](CO[Si](c2ccccc2)(c2ccccc2)C(C)(C)C)NC(=O)OC(C)(C)C)n1. The molecule has 37 heavy (non-hydrogen) atoms. The van der Waals surface area contributed by atoms with Gasteiger partial charge < -0.3 is 19.2 Å². The van der Waals surface area contributed by atoms with Crippen LogP contribution in [0.5, 0.6) is 0 Å². The van der Waals surface area contributed by atoms with Crippen LogP contribution in [0.25, 0.3) is 0 Å². The van der Waals surface area contributed by atoms with E-state index in [1.807, 2.05) is 36.4 Å². The minimum atomic E-state index is -2.87. The second kappa shape index (κ2) is 11.6. The van der Waals surface area contributed by atoms with E-state index in [0.717, 1.165) is 10.4 Å². The number of benzene rings is 2. The summed E-state index contributed by atoms with van der Waals surface area (Å²) < 4.78 is 17.4. The number of alkyl carbamates (subject to hydrolysis) is 1. The molecule has 7 nitrogen and oxygen atoms in total. The van der Waals surface area contributed by atoms with E-state index >= 15 is 0 Å². The van der Waals surface area contributed by atoms with E-state index in [0.29, 0.717) is 5.01 Å². The minimum Gasteiger partial charge on any atom is -0.464 e. The van der Waals surface area contributed by atoms with Gasteiger partial charge in [-0.1, -0.05) is 81.4 Å². The summed E-state index contributed by atoms with van der Waals surface area (Å²) in [5, 5.41) is 7.07. The lowest BCUT2D eigenvalue weighted by Crippen LogP contribution is -2.67. The number of ether oxygens (including phenoxy) is 2. The topological polar surface area (TPSA) is 86.8 Å². The van der Waals surface area contributed by atoms with Crippen LogP contribution >= 0.6 is 11.3 Å². The summed E-state index contributed by atoms with van der Waals surface area (Å²) in [5.74, 6) is -0.536. The molecule has 0 aliphatic rings. The number of nitrogens with one attached hydrogen (secondary N) is 1. The van der Waals surface area contributed by atoms with E-state index in [9.17, 15) is 9.59 Å². The maximum Gasteiger partial charge on any atom is 0.408 e. The molecule has 198 valence electrons. The smallest absolute Gasteiger partial charge is 0.408 e. The van der Waals surface area contributed by atoms with Gasteiger partial charge in [0.25, 0.3) is 8.32 Å². The Balaban J connectivity index is 2.05. The molecule has 0 radical (unpaired) electrons. The first-order valence-corrected chi connectivity index (χ1v) is 14.9. The molecule has 0 fully saturated rings. The monoisotopic (exact) mass is 540 g/mol. The molecule has 9 heteroatoms. The first-order valence-electron chi connectivity index (χ1n) is 12.2. The van der Waals surface area contributed by atoms with Crippen LogP contribution in [0.4, 0.5) is 4.79 Å². The number of carbonyl (C=O) groups excluding carboxylic acids is 2. The molecule has 3 rings (SSSR count). The van der Waals surface area contributed by atoms with Crippen LogP contribution in [-0.4, -0.2) is 44.7 Å². The van der Waals surface area contributed by atoms with E-state index < -0.39 is 32.0 Å². The molecule has 0 aliphatic heterocycles. The van der Waals surface area contributed by atoms with Crippen molar-refractivity contribution in [1.29, 1.82) is 0 Å². The molecule has 3 aromatic rings. The summed E-state index contributed by atoms with van der Waals surface area (Å²) in [4.78, 5) is 29.3. The summed E-state index contributed by atoms with van der Waals surface area (Å²) in [6.45, 7) is 12.1. The molecule has 0 spiro atoms. The number of aromatic nitrogens is 1. The van der Waals surface area contributed by atoms with Crippen LogP contribution in [-0.2, 0) is 13.9 Å². The third-order valence-electron chi connectivity index (χ3n) is 5.79. The number of hydrogen-bond acceptors (Lipinski definition) is 7. The van der Waals surface area contributed by atoms with Crippen LogP contribution in [0.1, 0.15) is 63.1 Å². The number of thiazole rings is 1. The number of esters is 1. The number of methoxy groups -OCH3 is 1. The maximum atomic E-state index is 12.8. The Bertz CT molecular complexity index is 1150. The molecular weight excluding hydrogens is 504 g/mol. The Morgan fingerprint density at radius 2 is 1.49 bits per heavy atom. The average molecular weight is 541 g/mol. The van der Waals surface area contributed by atoms with Gasteiger partial charge in [0, 0.05) is 5.38 Å². The third kappa shape index (κ3) is 6.85. The van der Waals surface area contributed by atoms with Gasteiger partial charge in [-0.15, -0.1) is 11.3 Å².